The molecule has 1 heterocycles. The van der Waals surface area contributed by atoms with Gasteiger partial charge in [0.25, 0.3) is 0 Å². The van der Waals surface area contributed by atoms with Crippen LogP contribution < -0.4 is 10.6 Å². The Balaban J connectivity index is 0.00000529. The van der Waals surface area contributed by atoms with Crippen molar-refractivity contribution in [1.82, 2.24) is 15.5 Å². The first-order valence-electron chi connectivity index (χ1n) is 9.24. The van der Waals surface area contributed by atoms with Crippen molar-refractivity contribution in [1.29, 1.82) is 0 Å². The highest BCUT2D eigenvalue weighted by Crippen LogP contribution is 2.08. The summed E-state index contributed by atoms with van der Waals surface area (Å²) < 4.78 is 11.0. The zero-order chi connectivity index (χ0) is 16.8. The van der Waals surface area contributed by atoms with E-state index in [4.69, 9.17) is 9.47 Å². The SMILES string of the molecule is CCNC(=NCCCOC1CCOC1)NCCCN(CC)CC.I. The Bertz CT molecular complexity index is 309. The monoisotopic (exact) mass is 456 g/mol. The summed E-state index contributed by atoms with van der Waals surface area (Å²) in [4.78, 5) is 7.04. The molecule has 0 amide bonds. The van der Waals surface area contributed by atoms with Crippen molar-refractivity contribution >= 4 is 29.9 Å². The van der Waals surface area contributed by atoms with Crippen molar-refractivity contribution < 1.29 is 9.47 Å². The van der Waals surface area contributed by atoms with Gasteiger partial charge in [0.05, 0.1) is 12.7 Å². The molecule has 7 heteroatoms. The summed E-state index contributed by atoms with van der Waals surface area (Å²) in [5, 5.41) is 6.70. The van der Waals surface area contributed by atoms with E-state index in [1.807, 2.05) is 0 Å². The molecule has 1 unspecified atom stereocenters. The number of halogens is 1. The molecule has 1 fully saturated rings. The summed E-state index contributed by atoms with van der Waals surface area (Å²) >= 11 is 0. The minimum Gasteiger partial charge on any atom is -0.379 e. The molecule has 0 radical (unpaired) electrons. The fraction of sp³-hybridized carbons (Fsp3) is 0.941. The summed E-state index contributed by atoms with van der Waals surface area (Å²) in [5.74, 6) is 0.913. The van der Waals surface area contributed by atoms with Crippen molar-refractivity contribution in [3.05, 3.63) is 0 Å². The zero-order valence-corrected chi connectivity index (χ0v) is 18.0. The molecule has 0 bridgehead atoms. The van der Waals surface area contributed by atoms with E-state index in [0.717, 1.165) is 84.3 Å². The van der Waals surface area contributed by atoms with Gasteiger partial charge in [0.1, 0.15) is 0 Å². The Morgan fingerprint density at radius 1 is 1.21 bits per heavy atom. The molecule has 0 aromatic heterocycles. The second-order valence-electron chi connectivity index (χ2n) is 5.78. The normalized spacial score (nSPS) is 17.8. The van der Waals surface area contributed by atoms with Gasteiger partial charge in [-0.3, -0.25) is 4.99 Å². The average Bonchev–Trinajstić information content (AvgIpc) is 3.08. The number of rotatable bonds is 12. The number of nitrogens with one attached hydrogen (secondary N) is 2. The van der Waals surface area contributed by atoms with Gasteiger partial charge < -0.3 is 25.0 Å². The number of aliphatic imine (C=N–C) groups is 1. The first-order chi connectivity index (χ1) is 11.3. The molecule has 1 aliphatic rings. The standard InChI is InChI=1S/C17H36N4O2.HI/c1-4-18-17(19-10-7-12-21(5-2)6-3)20-11-8-13-23-16-9-14-22-15-16;/h16H,4-15H2,1-3H3,(H2,18,19,20);1H. The van der Waals surface area contributed by atoms with Crippen LogP contribution >= 0.6 is 24.0 Å². The van der Waals surface area contributed by atoms with E-state index in [-0.39, 0.29) is 24.0 Å². The number of hydrogen-bond acceptors (Lipinski definition) is 4. The van der Waals surface area contributed by atoms with Gasteiger partial charge in [-0.15, -0.1) is 24.0 Å². The van der Waals surface area contributed by atoms with Crippen LogP contribution in [0, 0.1) is 0 Å². The first-order valence-corrected chi connectivity index (χ1v) is 9.24. The molecule has 0 aromatic carbocycles. The number of guanidine groups is 1. The highest BCUT2D eigenvalue weighted by Gasteiger charge is 2.15. The number of hydrogen-bond donors (Lipinski definition) is 2. The third-order valence-electron chi connectivity index (χ3n) is 4.00. The molecule has 0 aliphatic carbocycles. The van der Waals surface area contributed by atoms with Gasteiger partial charge in [-0.25, -0.2) is 0 Å². The second-order valence-corrected chi connectivity index (χ2v) is 5.78. The van der Waals surface area contributed by atoms with Crippen LogP contribution in [0.15, 0.2) is 4.99 Å². The van der Waals surface area contributed by atoms with Gasteiger partial charge in [0, 0.05) is 32.8 Å². The largest absolute Gasteiger partial charge is 0.379 e. The van der Waals surface area contributed by atoms with Gasteiger partial charge in [0.15, 0.2) is 5.96 Å². The predicted molar refractivity (Wildman–Crippen MR) is 112 cm³/mol. The smallest absolute Gasteiger partial charge is 0.191 e. The van der Waals surface area contributed by atoms with Crippen LogP contribution in [0.2, 0.25) is 0 Å². The first kappa shape index (κ1) is 23.9. The lowest BCUT2D eigenvalue weighted by Crippen LogP contribution is -2.39. The lowest BCUT2D eigenvalue weighted by Gasteiger charge is -2.18. The summed E-state index contributed by atoms with van der Waals surface area (Å²) in [6.45, 7) is 14.9. The minimum absolute atomic E-state index is 0. The van der Waals surface area contributed by atoms with Gasteiger partial charge >= 0.3 is 0 Å². The molecule has 0 spiro atoms. The van der Waals surface area contributed by atoms with E-state index in [1.54, 1.807) is 0 Å². The van der Waals surface area contributed by atoms with Gasteiger partial charge in [-0.2, -0.15) is 0 Å². The third kappa shape index (κ3) is 11.4. The van der Waals surface area contributed by atoms with Crippen LogP contribution in [0.5, 0.6) is 0 Å². The van der Waals surface area contributed by atoms with Gasteiger partial charge in [-0.1, -0.05) is 13.8 Å². The number of nitrogens with zero attached hydrogens (tertiary/aromatic N) is 2. The molecule has 0 aromatic rings. The lowest BCUT2D eigenvalue weighted by atomic mass is 10.3. The van der Waals surface area contributed by atoms with Crippen molar-refractivity contribution in [3.63, 3.8) is 0 Å². The lowest BCUT2D eigenvalue weighted by molar-refractivity contribution is 0.0424. The summed E-state index contributed by atoms with van der Waals surface area (Å²) in [6, 6.07) is 0. The fourth-order valence-corrected chi connectivity index (χ4v) is 2.54. The molecular weight excluding hydrogens is 419 g/mol. The second kappa shape index (κ2) is 16.4. The molecular formula is C17H37IN4O2. The van der Waals surface area contributed by atoms with Crippen LogP contribution in [0.25, 0.3) is 0 Å². The molecule has 1 atom stereocenters. The van der Waals surface area contributed by atoms with Crippen LogP contribution in [0.4, 0.5) is 0 Å². The van der Waals surface area contributed by atoms with Crippen LogP contribution in [-0.4, -0.2) is 76.1 Å². The van der Waals surface area contributed by atoms with Crippen LogP contribution in [-0.2, 0) is 9.47 Å². The summed E-state index contributed by atoms with van der Waals surface area (Å²) in [7, 11) is 0. The summed E-state index contributed by atoms with van der Waals surface area (Å²) in [6.07, 6.45) is 3.41. The Hall–Kier alpha value is -0.120. The molecule has 1 rings (SSSR count). The number of ether oxygens (including phenoxy) is 2. The van der Waals surface area contributed by atoms with Gasteiger partial charge in [0.2, 0.25) is 0 Å². The zero-order valence-electron chi connectivity index (χ0n) is 15.7. The van der Waals surface area contributed by atoms with Crippen molar-refractivity contribution in [2.24, 2.45) is 4.99 Å². The van der Waals surface area contributed by atoms with E-state index in [1.165, 1.54) is 0 Å². The highest BCUT2D eigenvalue weighted by molar-refractivity contribution is 14.0. The van der Waals surface area contributed by atoms with Gasteiger partial charge in [-0.05, 0) is 45.8 Å². The predicted octanol–water partition coefficient (Wildman–Crippen LogP) is 2.09. The third-order valence-corrected chi connectivity index (χ3v) is 4.00. The summed E-state index contributed by atoms with van der Waals surface area (Å²) in [5.41, 5.74) is 0. The van der Waals surface area contributed by atoms with E-state index < -0.39 is 0 Å². The molecule has 0 saturated carbocycles. The Morgan fingerprint density at radius 2 is 2.00 bits per heavy atom. The Morgan fingerprint density at radius 3 is 2.62 bits per heavy atom. The van der Waals surface area contributed by atoms with Crippen molar-refractivity contribution in [2.45, 2.75) is 46.1 Å². The van der Waals surface area contributed by atoms with E-state index in [0.29, 0.717) is 6.10 Å². The molecule has 1 aliphatic heterocycles. The van der Waals surface area contributed by atoms with Crippen molar-refractivity contribution in [2.75, 3.05) is 59.1 Å². The Labute approximate surface area is 165 Å². The Kier molecular flexibility index (Phi) is 16.3. The minimum atomic E-state index is 0. The molecule has 6 nitrogen and oxygen atoms in total. The van der Waals surface area contributed by atoms with E-state index >= 15 is 0 Å². The maximum Gasteiger partial charge on any atom is 0.191 e. The maximum atomic E-state index is 5.75. The van der Waals surface area contributed by atoms with Crippen molar-refractivity contribution in [3.8, 4) is 0 Å². The maximum absolute atomic E-state index is 5.75. The van der Waals surface area contributed by atoms with Crippen LogP contribution in [0.1, 0.15) is 40.0 Å². The molecule has 24 heavy (non-hydrogen) atoms. The molecule has 1 saturated heterocycles. The fourth-order valence-electron chi connectivity index (χ4n) is 2.54. The van der Waals surface area contributed by atoms with E-state index in [9.17, 15) is 0 Å². The molecule has 144 valence electrons. The molecule has 2 N–H and O–H groups in total. The average molecular weight is 456 g/mol. The topological polar surface area (TPSA) is 58.1 Å². The quantitative estimate of drug-likeness (QED) is 0.204. The highest BCUT2D eigenvalue weighted by atomic mass is 127. The van der Waals surface area contributed by atoms with E-state index in [2.05, 4.69) is 41.3 Å². The van der Waals surface area contributed by atoms with Crippen LogP contribution in [0.3, 0.4) is 0 Å².